The van der Waals surface area contributed by atoms with Crippen molar-refractivity contribution in [3.8, 4) is 0 Å². The fourth-order valence-corrected chi connectivity index (χ4v) is 4.01. The van der Waals surface area contributed by atoms with Crippen LogP contribution in [0.3, 0.4) is 0 Å². The number of hydrogen-bond donors (Lipinski definition) is 3. The first-order valence-corrected chi connectivity index (χ1v) is 8.95. The summed E-state index contributed by atoms with van der Waals surface area (Å²) in [7, 11) is 1.57. The van der Waals surface area contributed by atoms with Gasteiger partial charge < -0.3 is 25.0 Å². The van der Waals surface area contributed by atoms with E-state index in [2.05, 4.69) is 10.3 Å². The Hall–Kier alpha value is -1.40. The molecule has 0 radical (unpaired) electrons. The molecule has 3 rings (SSSR count). The van der Waals surface area contributed by atoms with Gasteiger partial charge in [-0.15, -0.1) is 0 Å². The van der Waals surface area contributed by atoms with Gasteiger partial charge in [0.1, 0.15) is 35.6 Å². The highest BCUT2D eigenvalue weighted by molar-refractivity contribution is 8.14. The predicted octanol–water partition coefficient (Wildman–Crippen LogP) is 1.41. The van der Waals surface area contributed by atoms with Crippen LogP contribution in [0.4, 0.5) is 17.6 Å². The number of aliphatic hydroxyl groups is 2. The van der Waals surface area contributed by atoms with Gasteiger partial charge in [0.05, 0.1) is 6.61 Å². The standard InChI is InChI=1S/C16H18F4N2O4S/c1-21-15-22-9-10(23)11(24)12(26-14(9)27-15)13(16(18,19)20)25-6-7-3-2-4-8(17)5-7/h2-5,9-14,23-24H,6H2,1H3,(H,21,22)/t9-,10-,11+,12+,13-,14-/m1/s1. The number of amidine groups is 1. The Morgan fingerprint density at radius 1 is 1.33 bits per heavy atom. The SMILES string of the molecule is CNC1=N[C@@H]2[C@@H](O)[C@H](O)[C@@H]([C@@H](OCc3cccc(F)c3)C(F)(F)F)O[C@@H]2S1. The molecule has 0 saturated carbocycles. The van der Waals surface area contributed by atoms with Gasteiger partial charge in [0.2, 0.25) is 0 Å². The van der Waals surface area contributed by atoms with Crippen molar-refractivity contribution < 1.29 is 37.2 Å². The minimum Gasteiger partial charge on any atom is -0.388 e. The van der Waals surface area contributed by atoms with Crippen LogP contribution in [0.2, 0.25) is 0 Å². The number of aliphatic imine (C=N–C) groups is 1. The normalized spacial score (nSPS) is 32.0. The molecule has 2 heterocycles. The van der Waals surface area contributed by atoms with Crippen molar-refractivity contribution in [2.45, 2.75) is 48.7 Å². The molecule has 0 bridgehead atoms. The molecule has 0 amide bonds. The van der Waals surface area contributed by atoms with Crippen molar-refractivity contribution >= 4 is 16.9 Å². The highest BCUT2D eigenvalue weighted by Gasteiger charge is 2.57. The maximum atomic E-state index is 13.6. The molecule has 2 aliphatic rings. The molecule has 1 aromatic carbocycles. The average Bonchev–Trinajstić information content (AvgIpc) is 3.01. The van der Waals surface area contributed by atoms with Gasteiger partial charge in [0, 0.05) is 7.05 Å². The Kier molecular flexibility index (Phi) is 5.96. The Bertz CT molecular complexity index is 705. The van der Waals surface area contributed by atoms with Gasteiger partial charge in [0.25, 0.3) is 0 Å². The number of aliphatic hydroxyl groups excluding tert-OH is 2. The van der Waals surface area contributed by atoms with Crippen LogP contribution in [0.25, 0.3) is 0 Å². The molecule has 1 fully saturated rings. The van der Waals surface area contributed by atoms with Crippen LogP contribution in [-0.4, -0.2) is 64.5 Å². The number of alkyl halides is 3. The average molecular weight is 410 g/mol. The lowest BCUT2D eigenvalue weighted by atomic mass is 9.94. The molecule has 0 aromatic heterocycles. The third-order valence-electron chi connectivity index (χ3n) is 4.25. The number of benzene rings is 1. The van der Waals surface area contributed by atoms with Crippen molar-refractivity contribution in [3.05, 3.63) is 35.6 Å². The molecule has 3 N–H and O–H groups in total. The number of hydrogen-bond acceptors (Lipinski definition) is 7. The van der Waals surface area contributed by atoms with E-state index in [1.54, 1.807) is 7.05 Å². The van der Waals surface area contributed by atoms with Crippen molar-refractivity contribution in [2.75, 3.05) is 7.05 Å². The number of halogens is 4. The summed E-state index contributed by atoms with van der Waals surface area (Å²) in [6.07, 6.45) is -12.6. The zero-order valence-corrected chi connectivity index (χ0v) is 14.9. The van der Waals surface area contributed by atoms with Crippen molar-refractivity contribution in [1.82, 2.24) is 5.32 Å². The molecule has 1 saturated heterocycles. The molecule has 150 valence electrons. The molecular weight excluding hydrogens is 392 g/mol. The Morgan fingerprint density at radius 3 is 2.70 bits per heavy atom. The summed E-state index contributed by atoms with van der Waals surface area (Å²) < 4.78 is 64.2. The topological polar surface area (TPSA) is 83.3 Å². The predicted molar refractivity (Wildman–Crippen MR) is 89.6 cm³/mol. The third kappa shape index (κ3) is 4.37. The smallest absolute Gasteiger partial charge is 0.388 e. The molecular formula is C16H18F4N2O4S. The maximum absolute atomic E-state index is 13.6. The highest BCUT2D eigenvalue weighted by atomic mass is 32.2. The van der Waals surface area contributed by atoms with E-state index in [4.69, 9.17) is 9.47 Å². The van der Waals surface area contributed by atoms with Gasteiger partial charge in [-0.05, 0) is 17.7 Å². The lowest BCUT2D eigenvalue weighted by Crippen LogP contribution is -2.61. The summed E-state index contributed by atoms with van der Waals surface area (Å²) in [5.74, 6) is -0.606. The number of nitrogens with zero attached hydrogens (tertiary/aromatic N) is 1. The van der Waals surface area contributed by atoms with Crippen molar-refractivity contribution in [2.24, 2.45) is 4.99 Å². The zero-order chi connectivity index (χ0) is 19.8. The minimum absolute atomic E-state index is 0.198. The first-order valence-electron chi connectivity index (χ1n) is 8.07. The van der Waals surface area contributed by atoms with Gasteiger partial charge in [-0.1, -0.05) is 23.9 Å². The molecule has 0 aliphatic carbocycles. The zero-order valence-electron chi connectivity index (χ0n) is 14.1. The van der Waals surface area contributed by atoms with Crippen LogP contribution in [0.15, 0.2) is 29.3 Å². The van der Waals surface area contributed by atoms with Gasteiger partial charge in [-0.25, -0.2) is 4.39 Å². The van der Waals surface area contributed by atoms with E-state index in [1.807, 2.05) is 0 Å². The van der Waals surface area contributed by atoms with Crippen LogP contribution in [0.1, 0.15) is 5.56 Å². The highest BCUT2D eigenvalue weighted by Crippen LogP contribution is 2.40. The van der Waals surface area contributed by atoms with E-state index in [9.17, 15) is 27.8 Å². The van der Waals surface area contributed by atoms with Gasteiger partial charge in [-0.3, -0.25) is 4.99 Å². The quantitative estimate of drug-likeness (QED) is 0.652. The summed E-state index contributed by atoms with van der Waals surface area (Å²) in [5, 5.41) is 23.5. The fourth-order valence-electron chi connectivity index (χ4n) is 2.95. The van der Waals surface area contributed by atoms with E-state index >= 15 is 0 Å². The number of ether oxygens (including phenoxy) is 2. The summed E-state index contributed by atoms with van der Waals surface area (Å²) in [4.78, 5) is 4.09. The molecule has 6 nitrogen and oxygen atoms in total. The van der Waals surface area contributed by atoms with Crippen LogP contribution in [-0.2, 0) is 16.1 Å². The Labute approximate surface area is 156 Å². The number of thioether (sulfide) groups is 1. The lowest BCUT2D eigenvalue weighted by molar-refractivity contribution is -0.286. The van der Waals surface area contributed by atoms with E-state index in [0.717, 1.165) is 23.9 Å². The Morgan fingerprint density at radius 2 is 2.07 bits per heavy atom. The van der Waals surface area contributed by atoms with Crippen LogP contribution in [0, 0.1) is 5.82 Å². The lowest BCUT2D eigenvalue weighted by Gasteiger charge is -2.41. The second-order valence-corrected chi connectivity index (χ2v) is 7.23. The second kappa shape index (κ2) is 7.92. The number of nitrogens with one attached hydrogen (secondary N) is 1. The summed E-state index contributed by atoms with van der Waals surface area (Å²) in [6, 6.07) is 4.09. The largest absolute Gasteiger partial charge is 0.417 e. The molecule has 2 aliphatic heterocycles. The summed E-state index contributed by atoms with van der Waals surface area (Å²) in [6.45, 7) is -0.538. The summed E-state index contributed by atoms with van der Waals surface area (Å²) in [5.41, 5.74) is -0.692. The Balaban J connectivity index is 1.77. The second-order valence-electron chi connectivity index (χ2n) is 6.15. The minimum atomic E-state index is -4.87. The molecule has 1 aromatic rings. The first kappa shape index (κ1) is 20.3. The van der Waals surface area contributed by atoms with E-state index < -0.39 is 54.5 Å². The van der Waals surface area contributed by atoms with Crippen LogP contribution < -0.4 is 5.32 Å². The molecule has 0 unspecified atom stereocenters. The third-order valence-corrected chi connectivity index (χ3v) is 5.41. The van der Waals surface area contributed by atoms with Crippen LogP contribution in [0.5, 0.6) is 0 Å². The molecule has 6 atom stereocenters. The van der Waals surface area contributed by atoms with Crippen molar-refractivity contribution in [3.63, 3.8) is 0 Å². The van der Waals surface area contributed by atoms with Gasteiger partial charge >= 0.3 is 6.18 Å². The van der Waals surface area contributed by atoms with Gasteiger partial charge in [-0.2, -0.15) is 13.2 Å². The molecule has 11 heteroatoms. The molecule has 0 spiro atoms. The summed E-state index contributed by atoms with van der Waals surface area (Å²) >= 11 is 1.02. The van der Waals surface area contributed by atoms with E-state index in [-0.39, 0.29) is 5.56 Å². The van der Waals surface area contributed by atoms with E-state index in [1.165, 1.54) is 12.1 Å². The number of fused-ring (bicyclic) bond motifs is 1. The first-order chi connectivity index (χ1) is 12.7. The maximum Gasteiger partial charge on any atom is 0.417 e. The molecule has 27 heavy (non-hydrogen) atoms. The van der Waals surface area contributed by atoms with Gasteiger partial charge in [0.15, 0.2) is 11.3 Å². The van der Waals surface area contributed by atoms with Crippen molar-refractivity contribution in [1.29, 1.82) is 0 Å². The number of rotatable bonds is 4. The van der Waals surface area contributed by atoms with E-state index in [0.29, 0.717) is 5.17 Å². The monoisotopic (exact) mass is 410 g/mol. The van der Waals surface area contributed by atoms with Crippen LogP contribution >= 0.6 is 11.8 Å². The fraction of sp³-hybridized carbons (Fsp3) is 0.562.